The van der Waals surface area contributed by atoms with Gasteiger partial charge in [0, 0.05) is 18.4 Å². The minimum Gasteiger partial charge on any atom is -0.494 e. The summed E-state index contributed by atoms with van der Waals surface area (Å²) in [5, 5.41) is 10.7. The third-order valence-corrected chi connectivity index (χ3v) is 7.34. The maximum Gasteiger partial charge on any atom is 0.281 e. The third-order valence-electron chi connectivity index (χ3n) is 5.55. The van der Waals surface area contributed by atoms with Gasteiger partial charge in [-0.25, -0.2) is 8.42 Å². The number of rotatable bonds is 10. The molecule has 0 saturated heterocycles. The topological polar surface area (TPSA) is 125 Å². The first-order chi connectivity index (χ1) is 16.7. The van der Waals surface area contributed by atoms with Crippen molar-refractivity contribution in [3.63, 3.8) is 0 Å². The third kappa shape index (κ3) is 4.93. The first-order valence-corrected chi connectivity index (χ1v) is 12.6. The number of hydrogen-bond donors (Lipinski definition) is 1. The van der Waals surface area contributed by atoms with Crippen molar-refractivity contribution in [1.82, 2.24) is 9.55 Å². The maximum atomic E-state index is 13.8. The van der Waals surface area contributed by atoms with Crippen molar-refractivity contribution < 1.29 is 27.8 Å². The highest BCUT2D eigenvalue weighted by Gasteiger charge is 2.31. The fourth-order valence-electron chi connectivity index (χ4n) is 3.70. The zero-order valence-electron chi connectivity index (χ0n) is 20.1. The molecule has 0 unspecified atom stereocenters. The van der Waals surface area contributed by atoms with Crippen LogP contribution in [0.2, 0.25) is 0 Å². The molecule has 3 rings (SSSR count). The van der Waals surface area contributed by atoms with Crippen LogP contribution in [-0.2, 0) is 16.3 Å². The molecule has 1 heterocycles. The van der Waals surface area contributed by atoms with Gasteiger partial charge in [0.25, 0.3) is 5.56 Å². The van der Waals surface area contributed by atoms with Crippen LogP contribution in [0.5, 0.6) is 17.4 Å². The molecule has 0 aliphatic heterocycles. The molecular weight excluding hydrogens is 472 g/mol. The Morgan fingerprint density at radius 2 is 1.63 bits per heavy atom. The Labute approximate surface area is 203 Å². The van der Waals surface area contributed by atoms with E-state index in [1.165, 1.54) is 38.5 Å². The second-order valence-electron chi connectivity index (χ2n) is 7.74. The number of sulfone groups is 1. The van der Waals surface area contributed by atoms with Gasteiger partial charge in [0.15, 0.2) is 10.7 Å². The van der Waals surface area contributed by atoms with Crippen LogP contribution in [0.15, 0.2) is 57.1 Å². The number of nitrogens with zero attached hydrogens (tertiary/aromatic N) is 2. The number of unbranched alkanes of at least 4 members (excludes halogenated alkanes) is 1. The van der Waals surface area contributed by atoms with Gasteiger partial charge in [-0.3, -0.25) is 14.2 Å². The lowest BCUT2D eigenvalue weighted by Crippen LogP contribution is -2.29. The number of ketones is 1. The second-order valence-corrected chi connectivity index (χ2v) is 9.63. The van der Waals surface area contributed by atoms with Crippen LogP contribution in [0, 0.1) is 0 Å². The zero-order chi connectivity index (χ0) is 25.8. The Balaban J connectivity index is 2.33. The molecule has 2 aromatic carbocycles. The minimum atomic E-state index is -4.50. The van der Waals surface area contributed by atoms with Gasteiger partial charge in [-0.05, 0) is 30.7 Å². The molecule has 0 saturated carbocycles. The fraction of sp³-hybridized carbons (Fsp3) is 0.320. The summed E-state index contributed by atoms with van der Waals surface area (Å²) >= 11 is 0. The van der Waals surface area contributed by atoms with E-state index in [0.717, 1.165) is 11.0 Å². The summed E-state index contributed by atoms with van der Waals surface area (Å²) in [4.78, 5) is 28.7. The van der Waals surface area contributed by atoms with Crippen LogP contribution in [0.25, 0.3) is 5.69 Å². The number of hydrogen-bond acceptors (Lipinski definition) is 8. The molecule has 3 aromatic rings. The second kappa shape index (κ2) is 10.7. The molecule has 35 heavy (non-hydrogen) atoms. The predicted octanol–water partition coefficient (Wildman–Crippen LogP) is 3.72. The number of carbonyl (C=O) groups is 1. The highest BCUT2D eigenvalue weighted by atomic mass is 32.2. The normalized spacial score (nSPS) is 11.3. The van der Waals surface area contributed by atoms with Gasteiger partial charge in [0.1, 0.15) is 23.0 Å². The van der Waals surface area contributed by atoms with Crippen molar-refractivity contribution in [2.75, 3.05) is 14.2 Å². The van der Waals surface area contributed by atoms with E-state index < -0.39 is 26.2 Å². The van der Waals surface area contributed by atoms with E-state index in [4.69, 9.17) is 9.47 Å². The number of para-hydroxylation sites is 1. The van der Waals surface area contributed by atoms with Gasteiger partial charge in [-0.1, -0.05) is 38.5 Å². The van der Waals surface area contributed by atoms with Gasteiger partial charge in [-0.2, -0.15) is 4.98 Å². The van der Waals surface area contributed by atoms with Crippen molar-refractivity contribution in [3.05, 3.63) is 64.2 Å². The summed E-state index contributed by atoms with van der Waals surface area (Å²) in [6.07, 6.45) is 1.99. The Kier molecular flexibility index (Phi) is 7.96. The van der Waals surface area contributed by atoms with E-state index in [1.54, 1.807) is 25.1 Å². The number of aryl methyl sites for hydroxylation is 1. The van der Waals surface area contributed by atoms with Crippen molar-refractivity contribution in [3.8, 4) is 23.1 Å². The fourth-order valence-corrected chi connectivity index (χ4v) is 5.04. The first kappa shape index (κ1) is 26.0. The monoisotopic (exact) mass is 500 g/mol. The van der Waals surface area contributed by atoms with E-state index in [2.05, 4.69) is 4.98 Å². The minimum absolute atomic E-state index is 0.149. The van der Waals surface area contributed by atoms with Gasteiger partial charge >= 0.3 is 0 Å². The van der Waals surface area contributed by atoms with Crippen molar-refractivity contribution in [1.29, 1.82) is 0 Å². The van der Waals surface area contributed by atoms with E-state index in [1.807, 2.05) is 6.92 Å². The SMILES string of the molecule is CCCCc1nc(O)c(S(=O)(=O)c2ccc(C(=O)CC)cc2)c(=O)n1-c1c(OC)cccc1OC. The van der Waals surface area contributed by atoms with Crippen LogP contribution < -0.4 is 15.0 Å². The van der Waals surface area contributed by atoms with Crippen molar-refractivity contribution in [2.24, 2.45) is 0 Å². The average Bonchev–Trinajstić information content (AvgIpc) is 2.86. The molecule has 0 spiro atoms. The Morgan fingerprint density at radius 3 is 2.14 bits per heavy atom. The number of methoxy groups -OCH3 is 2. The van der Waals surface area contributed by atoms with Gasteiger partial charge < -0.3 is 14.6 Å². The van der Waals surface area contributed by atoms with Crippen LogP contribution in [0.4, 0.5) is 0 Å². The summed E-state index contributed by atoms with van der Waals surface area (Å²) < 4.78 is 39.0. The number of aromatic nitrogens is 2. The van der Waals surface area contributed by atoms with E-state index >= 15 is 0 Å². The standard InChI is InChI=1S/C25H28N2O7S/c1-5-7-11-21-26-24(29)23(35(31,32)17-14-12-16(13-15-17)18(28)6-2)25(30)27(21)22-19(33-3)9-8-10-20(22)34-4/h8-10,12-15,29H,5-7,11H2,1-4H3. The van der Waals surface area contributed by atoms with Gasteiger partial charge in [-0.15, -0.1) is 0 Å². The quantitative estimate of drug-likeness (QED) is 0.418. The Morgan fingerprint density at radius 1 is 1.03 bits per heavy atom. The van der Waals surface area contributed by atoms with Crippen molar-refractivity contribution >= 4 is 15.6 Å². The largest absolute Gasteiger partial charge is 0.494 e. The predicted molar refractivity (Wildman–Crippen MR) is 130 cm³/mol. The van der Waals surface area contributed by atoms with Gasteiger partial charge in [0.05, 0.1) is 19.1 Å². The van der Waals surface area contributed by atoms with Crippen LogP contribution in [0.3, 0.4) is 0 Å². The summed E-state index contributed by atoms with van der Waals surface area (Å²) in [6, 6.07) is 10.1. The number of carbonyl (C=O) groups excluding carboxylic acids is 1. The van der Waals surface area contributed by atoms with E-state index in [0.29, 0.717) is 18.4 Å². The lowest BCUT2D eigenvalue weighted by Gasteiger charge is -2.19. The highest BCUT2D eigenvalue weighted by molar-refractivity contribution is 7.91. The van der Waals surface area contributed by atoms with Crippen LogP contribution in [0.1, 0.15) is 49.3 Å². The average molecular weight is 501 g/mol. The maximum absolute atomic E-state index is 13.8. The van der Waals surface area contributed by atoms with Gasteiger partial charge in [0.2, 0.25) is 15.7 Å². The van der Waals surface area contributed by atoms with E-state index in [-0.39, 0.29) is 40.1 Å². The van der Waals surface area contributed by atoms with Crippen molar-refractivity contribution in [2.45, 2.75) is 49.3 Å². The molecular formula is C25H28N2O7S. The number of benzene rings is 2. The first-order valence-electron chi connectivity index (χ1n) is 11.2. The molecule has 0 amide bonds. The van der Waals surface area contributed by atoms with E-state index in [9.17, 15) is 23.1 Å². The lowest BCUT2D eigenvalue weighted by molar-refractivity contribution is 0.0988. The number of aromatic hydroxyl groups is 1. The Bertz CT molecular complexity index is 1370. The molecule has 0 aliphatic rings. The molecule has 9 nitrogen and oxygen atoms in total. The lowest BCUT2D eigenvalue weighted by atomic mass is 10.1. The van der Waals surface area contributed by atoms with Crippen LogP contribution in [-0.4, -0.2) is 43.1 Å². The summed E-state index contributed by atoms with van der Waals surface area (Å²) in [7, 11) is -1.66. The molecule has 0 bridgehead atoms. The number of Topliss-reactive ketones (excluding diaryl/α,β-unsaturated/α-hetero) is 1. The van der Waals surface area contributed by atoms with Crippen LogP contribution >= 0.6 is 0 Å². The molecule has 1 aromatic heterocycles. The zero-order valence-corrected chi connectivity index (χ0v) is 20.9. The summed E-state index contributed by atoms with van der Waals surface area (Å²) in [5.41, 5.74) is -0.457. The molecule has 0 fully saturated rings. The molecule has 0 aliphatic carbocycles. The molecule has 0 radical (unpaired) electrons. The molecule has 186 valence electrons. The Hall–Kier alpha value is -3.66. The molecule has 0 atom stereocenters. The highest BCUT2D eigenvalue weighted by Crippen LogP contribution is 2.34. The number of ether oxygens (including phenoxy) is 2. The molecule has 1 N–H and O–H groups in total. The summed E-state index contributed by atoms with van der Waals surface area (Å²) in [5.74, 6) is -0.339. The summed E-state index contributed by atoms with van der Waals surface area (Å²) in [6.45, 7) is 3.66. The smallest absolute Gasteiger partial charge is 0.281 e. The molecule has 10 heteroatoms.